The molecule has 2 aromatic heterocycles. The minimum Gasteiger partial charge on any atom is -0.345 e. The number of aromatic nitrogens is 4. The van der Waals surface area contributed by atoms with Gasteiger partial charge in [-0.25, -0.2) is 4.98 Å². The number of nitrogens with zero attached hydrogens (tertiary/aromatic N) is 4. The Hall–Kier alpha value is -3.41. The van der Waals surface area contributed by atoms with Gasteiger partial charge in [0, 0.05) is 30.9 Å². The van der Waals surface area contributed by atoms with E-state index < -0.39 is 0 Å². The van der Waals surface area contributed by atoms with Crippen molar-refractivity contribution >= 4 is 16.9 Å². The lowest BCUT2D eigenvalue weighted by molar-refractivity contribution is 0.0785. The summed E-state index contributed by atoms with van der Waals surface area (Å²) in [6, 6.07) is 15.7. The number of hydrogen-bond donors (Lipinski definition) is 1. The van der Waals surface area contributed by atoms with Crippen LogP contribution < -0.4 is 0 Å². The molecule has 4 aromatic rings. The number of imidazole rings is 1. The van der Waals surface area contributed by atoms with Crippen LogP contribution >= 0.6 is 0 Å². The summed E-state index contributed by atoms with van der Waals surface area (Å²) in [4.78, 5) is 21.6. The number of hydrogen-bond acceptors (Lipinski definition) is 3. The average Bonchev–Trinajstić information content (AvgIpc) is 3.30. The first-order valence-electron chi connectivity index (χ1n) is 8.43. The molecule has 0 aliphatic heterocycles. The van der Waals surface area contributed by atoms with E-state index in [-0.39, 0.29) is 5.91 Å². The number of rotatable bonds is 5. The highest BCUT2D eigenvalue weighted by atomic mass is 16.2. The van der Waals surface area contributed by atoms with Crippen LogP contribution in [0.5, 0.6) is 0 Å². The zero-order chi connectivity index (χ0) is 17.9. The molecule has 4 rings (SSSR count). The minimum absolute atomic E-state index is 0.0303. The number of amides is 1. The van der Waals surface area contributed by atoms with Crippen molar-refractivity contribution in [3.8, 4) is 0 Å². The standard InChI is InChI=1S/C20H19N5O/c1-24(20(26)17-7-8-18-19(9-17)22-14-21-18)11-16-10-23-25(13-16)12-15-5-3-2-4-6-15/h2-10,13-14H,11-12H2,1H3,(H,21,22). The Labute approximate surface area is 151 Å². The van der Waals surface area contributed by atoms with Crippen LogP contribution in [0.25, 0.3) is 11.0 Å². The topological polar surface area (TPSA) is 66.8 Å². The first kappa shape index (κ1) is 16.1. The molecule has 0 unspecified atom stereocenters. The molecule has 0 saturated heterocycles. The van der Waals surface area contributed by atoms with Crippen molar-refractivity contribution in [3.63, 3.8) is 0 Å². The third-order valence-electron chi connectivity index (χ3n) is 4.31. The maximum atomic E-state index is 12.7. The van der Waals surface area contributed by atoms with E-state index in [2.05, 4.69) is 27.2 Å². The van der Waals surface area contributed by atoms with Gasteiger partial charge in [0.1, 0.15) is 0 Å². The first-order chi connectivity index (χ1) is 12.7. The van der Waals surface area contributed by atoms with Crippen molar-refractivity contribution in [2.45, 2.75) is 13.1 Å². The fourth-order valence-electron chi connectivity index (χ4n) is 2.98. The summed E-state index contributed by atoms with van der Waals surface area (Å²) in [6.07, 6.45) is 5.42. The zero-order valence-corrected chi connectivity index (χ0v) is 14.5. The molecule has 0 spiro atoms. The van der Waals surface area contributed by atoms with Crippen molar-refractivity contribution in [2.24, 2.45) is 0 Å². The van der Waals surface area contributed by atoms with Crippen molar-refractivity contribution in [2.75, 3.05) is 7.05 Å². The van der Waals surface area contributed by atoms with Gasteiger partial charge in [0.2, 0.25) is 0 Å². The van der Waals surface area contributed by atoms with Crippen LogP contribution in [0.4, 0.5) is 0 Å². The average molecular weight is 345 g/mol. The monoisotopic (exact) mass is 345 g/mol. The summed E-state index contributed by atoms with van der Waals surface area (Å²) in [6.45, 7) is 1.23. The number of carbonyl (C=O) groups excluding carboxylic acids is 1. The van der Waals surface area contributed by atoms with E-state index >= 15 is 0 Å². The largest absolute Gasteiger partial charge is 0.345 e. The molecular weight excluding hydrogens is 326 g/mol. The van der Waals surface area contributed by atoms with Crippen LogP contribution in [-0.2, 0) is 13.1 Å². The van der Waals surface area contributed by atoms with Gasteiger partial charge in [0.25, 0.3) is 5.91 Å². The number of aromatic amines is 1. The molecule has 0 radical (unpaired) electrons. The molecule has 0 bridgehead atoms. The SMILES string of the molecule is CN(Cc1cnn(Cc2ccccc2)c1)C(=O)c1ccc2nc[nH]c2c1. The number of carbonyl (C=O) groups is 1. The lowest BCUT2D eigenvalue weighted by Gasteiger charge is -2.16. The van der Waals surface area contributed by atoms with Gasteiger partial charge in [-0.1, -0.05) is 30.3 Å². The Balaban J connectivity index is 1.44. The van der Waals surface area contributed by atoms with Gasteiger partial charge >= 0.3 is 0 Å². The smallest absolute Gasteiger partial charge is 0.253 e. The van der Waals surface area contributed by atoms with Crippen LogP contribution in [0, 0.1) is 0 Å². The molecule has 1 amide bonds. The van der Waals surface area contributed by atoms with Gasteiger partial charge in [-0.3, -0.25) is 9.48 Å². The van der Waals surface area contributed by atoms with E-state index in [1.165, 1.54) is 5.56 Å². The molecular formula is C20H19N5O. The first-order valence-corrected chi connectivity index (χ1v) is 8.43. The third kappa shape index (κ3) is 3.35. The van der Waals surface area contributed by atoms with Crippen molar-refractivity contribution < 1.29 is 4.79 Å². The lowest BCUT2D eigenvalue weighted by Crippen LogP contribution is -2.26. The van der Waals surface area contributed by atoms with E-state index in [4.69, 9.17) is 0 Å². The number of fused-ring (bicyclic) bond motifs is 1. The molecule has 0 saturated carbocycles. The van der Waals surface area contributed by atoms with Crippen molar-refractivity contribution in [3.05, 3.63) is 83.9 Å². The zero-order valence-electron chi connectivity index (χ0n) is 14.5. The maximum absolute atomic E-state index is 12.7. The second-order valence-electron chi connectivity index (χ2n) is 6.33. The number of benzene rings is 2. The summed E-state index contributed by atoms with van der Waals surface area (Å²) < 4.78 is 1.89. The summed E-state index contributed by atoms with van der Waals surface area (Å²) in [5, 5.41) is 4.40. The molecule has 1 N–H and O–H groups in total. The molecule has 0 aliphatic carbocycles. The fraction of sp³-hybridized carbons (Fsp3) is 0.150. The van der Waals surface area contributed by atoms with Gasteiger partial charge in [-0.15, -0.1) is 0 Å². The molecule has 130 valence electrons. The Bertz CT molecular complexity index is 1030. The Morgan fingerprint density at radius 1 is 1.15 bits per heavy atom. The Kier molecular flexibility index (Phi) is 4.23. The molecule has 2 heterocycles. The second-order valence-corrected chi connectivity index (χ2v) is 6.33. The minimum atomic E-state index is -0.0303. The predicted octanol–water partition coefficient (Wildman–Crippen LogP) is 3.08. The normalized spacial score (nSPS) is 11.0. The lowest BCUT2D eigenvalue weighted by atomic mass is 10.1. The summed E-state index contributed by atoms with van der Waals surface area (Å²) >= 11 is 0. The maximum Gasteiger partial charge on any atom is 0.253 e. The van der Waals surface area contributed by atoms with E-state index in [1.807, 2.05) is 47.4 Å². The third-order valence-corrected chi connectivity index (χ3v) is 4.31. The van der Waals surface area contributed by atoms with Gasteiger partial charge in [0.05, 0.1) is 30.1 Å². The highest BCUT2D eigenvalue weighted by molar-refractivity contribution is 5.97. The molecule has 0 fully saturated rings. The van der Waals surface area contributed by atoms with Gasteiger partial charge in [-0.2, -0.15) is 5.10 Å². The summed E-state index contributed by atoms with van der Waals surface area (Å²) in [5.74, 6) is -0.0303. The van der Waals surface area contributed by atoms with Crippen LogP contribution in [-0.4, -0.2) is 37.6 Å². The predicted molar refractivity (Wildman–Crippen MR) is 99.7 cm³/mol. The molecule has 6 nitrogen and oxygen atoms in total. The molecule has 0 aliphatic rings. The molecule has 2 aromatic carbocycles. The Morgan fingerprint density at radius 3 is 2.85 bits per heavy atom. The van der Waals surface area contributed by atoms with Crippen LogP contribution in [0.3, 0.4) is 0 Å². The van der Waals surface area contributed by atoms with Crippen molar-refractivity contribution in [1.82, 2.24) is 24.6 Å². The second kappa shape index (κ2) is 6.84. The quantitative estimate of drug-likeness (QED) is 0.604. The molecule has 6 heteroatoms. The molecule has 0 atom stereocenters. The number of nitrogens with one attached hydrogen (secondary N) is 1. The fourth-order valence-corrected chi connectivity index (χ4v) is 2.98. The van der Waals surface area contributed by atoms with Gasteiger partial charge in [-0.05, 0) is 23.8 Å². The van der Waals surface area contributed by atoms with Gasteiger partial charge < -0.3 is 9.88 Å². The van der Waals surface area contributed by atoms with E-state index in [1.54, 1.807) is 24.3 Å². The van der Waals surface area contributed by atoms with Crippen LogP contribution in [0.15, 0.2) is 67.3 Å². The highest BCUT2D eigenvalue weighted by Crippen LogP contribution is 2.14. The summed E-state index contributed by atoms with van der Waals surface area (Å²) in [5.41, 5.74) is 4.55. The van der Waals surface area contributed by atoms with Crippen LogP contribution in [0.1, 0.15) is 21.5 Å². The van der Waals surface area contributed by atoms with E-state index in [0.717, 1.165) is 23.1 Å². The van der Waals surface area contributed by atoms with Crippen LogP contribution in [0.2, 0.25) is 0 Å². The molecule has 26 heavy (non-hydrogen) atoms. The number of H-pyrrole nitrogens is 1. The highest BCUT2D eigenvalue weighted by Gasteiger charge is 2.14. The summed E-state index contributed by atoms with van der Waals surface area (Å²) in [7, 11) is 1.80. The van der Waals surface area contributed by atoms with Crippen molar-refractivity contribution in [1.29, 1.82) is 0 Å². The Morgan fingerprint density at radius 2 is 2.00 bits per heavy atom. The van der Waals surface area contributed by atoms with Gasteiger partial charge in [0.15, 0.2) is 0 Å². The van der Waals surface area contributed by atoms with E-state index in [9.17, 15) is 4.79 Å². The van der Waals surface area contributed by atoms with E-state index in [0.29, 0.717) is 12.1 Å².